The van der Waals surface area contributed by atoms with Crippen LogP contribution in [0.4, 0.5) is 0 Å². The van der Waals surface area contributed by atoms with Crippen LogP contribution in [0.15, 0.2) is 62.0 Å². The molecule has 25 heavy (non-hydrogen) atoms. The molecule has 0 bridgehead atoms. The van der Waals surface area contributed by atoms with Gasteiger partial charge in [-0.2, -0.15) is 0 Å². The third kappa shape index (κ3) is 3.08. The second kappa shape index (κ2) is 6.93. The van der Waals surface area contributed by atoms with Gasteiger partial charge in [0.1, 0.15) is 0 Å². The second-order valence-electron chi connectivity index (χ2n) is 8.71. The Labute approximate surface area is 159 Å². The fourth-order valence-electron chi connectivity index (χ4n) is 5.49. The van der Waals surface area contributed by atoms with Crippen molar-refractivity contribution in [2.75, 3.05) is 0 Å². The van der Waals surface area contributed by atoms with Crippen LogP contribution in [0.2, 0.25) is 13.1 Å². The molecule has 0 aromatic carbocycles. The van der Waals surface area contributed by atoms with E-state index in [4.69, 9.17) is 0 Å². The number of hydrogen-bond acceptors (Lipinski definition) is 0. The Hall–Kier alpha value is -0.460. The molecule has 0 aromatic rings. The van der Waals surface area contributed by atoms with E-state index in [-0.39, 0.29) is 0 Å². The molecule has 3 rings (SSSR count). The van der Waals surface area contributed by atoms with Crippen molar-refractivity contribution in [2.45, 2.75) is 67.5 Å². The normalized spacial score (nSPS) is 23.9. The molecule has 3 aliphatic rings. The van der Waals surface area contributed by atoms with Crippen LogP contribution in [0.25, 0.3) is 0 Å². The van der Waals surface area contributed by atoms with Gasteiger partial charge >= 0.3 is 160 Å². The molecule has 0 spiro atoms. The SMILES string of the molecule is CC1=CC(C)[C]([Zr]([C]2=C(C)C=C(C)C2)([C]2=C(C)C=C(C)C2)=[Si](C)C)=C1. The summed E-state index contributed by atoms with van der Waals surface area (Å²) in [4.78, 5) is 0. The second-order valence-corrected chi connectivity index (χ2v) is 30.6. The van der Waals surface area contributed by atoms with E-state index in [1.165, 1.54) is 18.4 Å². The average Bonchev–Trinajstić information content (AvgIpc) is 3.11. The van der Waals surface area contributed by atoms with Crippen molar-refractivity contribution in [1.29, 1.82) is 0 Å². The van der Waals surface area contributed by atoms with Gasteiger partial charge in [-0.3, -0.25) is 0 Å². The minimum absolute atomic E-state index is 0.422. The Kier molecular flexibility index (Phi) is 5.35. The van der Waals surface area contributed by atoms with E-state index in [9.17, 15) is 0 Å². The number of rotatable bonds is 3. The number of allylic oxidation sites excluding steroid dienone is 12. The molecule has 0 saturated heterocycles. The van der Waals surface area contributed by atoms with Crippen LogP contribution in [0.3, 0.4) is 0 Å². The van der Waals surface area contributed by atoms with Crippen molar-refractivity contribution in [3.8, 4) is 0 Å². The monoisotopic (exact) mass is 427 g/mol. The Balaban J connectivity index is 2.35. The van der Waals surface area contributed by atoms with Crippen LogP contribution in [0.5, 0.6) is 0 Å². The third-order valence-corrected chi connectivity index (χ3v) is 35.0. The fraction of sp³-hybridized carbons (Fsp3) is 0.478. The van der Waals surface area contributed by atoms with Gasteiger partial charge in [0.2, 0.25) is 0 Å². The van der Waals surface area contributed by atoms with Crippen LogP contribution in [-0.2, 0) is 18.9 Å². The molecule has 0 radical (unpaired) electrons. The zero-order chi connectivity index (χ0) is 18.5. The first-order chi connectivity index (χ1) is 11.7. The van der Waals surface area contributed by atoms with Gasteiger partial charge in [0.15, 0.2) is 0 Å². The molecule has 2 heteroatoms. The molecule has 0 nitrogen and oxygen atoms in total. The number of hydrogen-bond donors (Lipinski definition) is 0. The third-order valence-electron chi connectivity index (χ3n) is 6.26. The van der Waals surface area contributed by atoms with Gasteiger partial charge < -0.3 is 0 Å². The summed E-state index contributed by atoms with van der Waals surface area (Å²) in [6.45, 7) is 19.5. The first-order valence-corrected chi connectivity index (χ1v) is 19.5. The molecule has 1 unspecified atom stereocenters. The predicted octanol–water partition coefficient (Wildman–Crippen LogP) is 7.12. The Bertz CT molecular complexity index is 831. The van der Waals surface area contributed by atoms with E-state index in [0.717, 1.165) is 0 Å². The molecule has 0 heterocycles. The van der Waals surface area contributed by atoms with Gasteiger partial charge in [-0.15, -0.1) is 0 Å². The maximum absolute atomic E-state index is 2.84. The molecule has 3 aliphatic carbocycles. The molecule has 0 aromatic heterocycles. The van der Waals surface area contributed by atoms with E-state index in [1.807, 2.05) is 9.84 Å². The quantitative estimate of drug-likeness (QED) is 0.420. The standard InChI is InChI=1S/3C7H9.C2H6Si.Zr/c3*1-6-3-4-7(2)5-6;1-3-2;/h2*5H,3H2,1-2H3;3,5,7H,1-2H3;1-2H3;. The van der Waals surface area contributed by atoms with E-state index in [1.54, 1.807) is 22.3 Å². The molecule has 133 valence electrons. The molecule has 0 fully saturated rings. The zero-order valence-electron chi connectivity index (χ0n) is 17.3. The summed E-state index contributed by atoms with van der Waals surface area (Å²) >= 11 is -2.84. The predicted molar refractivity (Wildman–Crippen MR) is 111 cm³/mol. The fourth-order valence-corrected chi connectivity index (χ4v) is 37.1. The maximum atomic E-state index is 2.63. The Morgan fingerprint density at radius 1 is 0.840 bits per heavy atom. The first kappa shape index (κ1) is 19.3. The summed E-state index contributed by atoms with van der Waals surface area (Å²) in [6.07, 6.45) is 12.6. The molecule has 0 N–H and O–H groups in total. The molecule has 0 saturated carbocycles. The van der Waals surface area contributed by atoms with E-state index < -0.39 is 24.3 Å². The molecule has 1 atom stereocenters. The van der Waals surface area contributed by atoms with Crippen molar-refractivity contribution in [3.05, 3.63) is 62.0 Å². The zero-order valence-corrected chi connectivity index (χ0v) is 20.8. The van der Waals surface area contributed by atoms with Gasteiger partial charge in [-0.1, -0.05) is 0 Å². The van der Waals surface area contributed by atoms with Crippen molar-refractivity contribution < 1.29 is 18.9 Å². The summed E-state index contributed by atoms with van der Waals surface area (Å²) in [5.41, 5.74) is 7.45. The van der Waals surface area contributed by atoms with Gasteiger partial charge in [0, 0.05) is 0 Å². The van der Waals surface area contributed by atoms with Gasteiger partial charge in [-0.25, -0.2) is 0 Å². The van der Waals surface area contributed by atoms with Crippen LogP contribution < -0.4 is 0 Å². The molecular formula is C23H33SiZr. The summed E-state index contributed by atoms with van der Waals surface area (Å²) in [6, 6.07) is 0. The van der Waals surface area contributed by atoms with Crippen molar-refractivity contribution in [3.63, 3.8) is 0 Å². The average molecular weight is 429 g/mol. The topological polar surface area (TPSA) is 0 Å². The Morgan fingerprint density at radius 3 is 1.60 bits per heavy atom. The summed E-state index contributed by atoms with van der Waals surface area (Å²) < 4.78 is 5.69. The van der Waals surface area contributed by atoms with Crippen molar-refractivity contribution in [2.24, 2.45) is 5.92 Å². The summed E-state index contributed by atoms with van der Waals surface area (Å²) in [5.74, 6) is 0.637. The summed E-state index contributed by atoms with van der Waals surface area (Å²) in [5, 5.41) is 0. The van der Waals surface area contributed by atoms with E-state index in [2.05, 4.69) is 78.9 Å². The van der Waals surface area contributed by atoms with Crippen LogP contribution in [0, 0.1) is 5.92 Å². The molecular weight excluding hydrogens is 396 g/mol. The minimum atomic E-state index is -2.84. The molecule has 0 aliphatic heterocycles. The van der Waals surface area contributed by atoms with Crippen LogP contribution in [-0.4, -0.2) is 5.43 Å². The first-order valence-electron chi connectivity index (χ1n) is 9.63. The van der Waals surface area contributed by atoms with Crippen molar-refractivity contribution >= 4 is 5.43 Å². The molecule has 0 amide bonds. The van der Waals surface area contributed by atoms with Gasteiger partial charge in [0.25, 0.3) is 0 Å². The van der Waals surface area contributed by atoms with Gasteiger partial charge in [0.05, 0.1) is 0 Å². The summed E-state index contributed by atoms with van der Waals surface area (Å²) in [7, 11) is 0. The van der Waals surface area contributed by atoms with Crippen LogP contribution >= 0.6 is 0 Å². The van der Waals surface area contributed by atoms with Crippen molar-refractivity contribution in [1.82, 2.24) is 0 Å². The Morgan fingerprint density at radius 2 is 1.32 bits per heavy atom. The van der Waals surface area contributed by atoms with E-state index in [0.29, 0.717) is 5.92 Å². The van der Waals surface area contributed by atoms with E-state index >= 15 is 0 Å². The van der Waals surface area contributed by atoms with Gasteiger partial charge in [-0.05, 0) is 0 Å². The van der Waals surface area contributed by atoms with Crippen LogP contribution in [0.1, 0.15) is 54.4 Å².